The first kappa shape index (κ1) is 20.5. The quantitative estimate of drug-likeness (QED) is 0.303. The van der Waals surface area contributed by atoms with Crippen molar-refractivity contribution in [2.24, 2.45) is 5.73 Å². The minimum Gasteiger partial charge on any atom is -0.330 e. The van der Waals surface area contributed by atoms with Crippen LogP contribution in [0.2, 0.25) is 0 Å². The standard InChI is InChI=1S/C17H32F3N/c1-16(17(18,19)20)14-12-10-8-6-4-2-3-5-7-9-11-13-15-21/h1-15,21H2. The van der Waals surface area contributed by atoms with Crippen LogP contribution in [0, 0.1) is 0 Å². The molecule has 2 N–H and O–H groups in total. The smallest absolute Gasteiger partial charge is 0.330 e. The second kappa shape index (κ2) is 13.2. The van der Waals surface area contributed by atoms with Crippen molar-refractivity contribution >= 4 is 0 Å². The Balaban J connectivity index is 3.14. The van der Waals surface area contributed by atoms with E-state index < -0.39 is 11.7 Å². The molecule has 126 valence electrons. The number of nitrogens with two attached hydrogens (primary N) is 1. The predicted molar refractivity (Wildman–Crippen MR) is 84.3 cm³/mol. The fourth-order valence-electron chi connectivity index (χ4n) is 2.39. The third kappa shape index (κ3) is 14.2. The zero-order valence-corrected chi connectivity index (χ0v) is 13.3. The molecule has 0 aliphatic carbocycles. The summed E-state index contributed by atoms with van der Waals surface area (Å²) in [4.78, 5) is 0. The van der Waals surface area contributed by atoms with Gasteiger partial charge in [0, 0.05) is 5.57 Å². The second-order valence-electron chi connectivity index (χ2n) is 5.88. The van der Waals surface area contributed by atoms with E-state index in [-0.39, 0.29) is 6.42 Å². The summed E-state index contributed by atoms with van der Waals surface area (Å²) in [6, 6.07) is 0. The molecule has 0 amide bonds. The summed E-state index contributed by atoms with van der Waals surface area (Å²) in [7, 11) is 0. The van der Waals surface area contributed by atoms with E-state index in [1.807, 2.05) is 0 Å². The highest BCUT2D eigenvalue weighted by Crippen LogP contribution is 2.28. The molecule has 4 heteroatoms. The van der Waals surface area contributed by atoms with Crippen LogP contribution in [0.1, 0.15) is 83.5 Å². The van der Waals surface area contributed by atoms with Crippen LogP contribution in [0.4, 0.5) is 13.2 Å². The van der Waals surface area contributed by atoms with Gasteiger partial charge < -0.3 is 5.73 Å². The van der Waals surface area contributed by atoms with Crippen molar-refractivity contribution in [3.63, 3.8) is 0 Å². The minimum absolute atomic E-state index is 0.0896. The van der Waals surface area contributed by atoms with Crippen LogP contribution in [-0.2, 0) is 0 Å². The molecule has 0 aliphatic rings. The lowest BCUT2D eigenvalue weighted by atomic mass is 10.0. The van der Waals surface area contributed by atoms with Gasteiger partial charge in [-0.2, -0.15) is 13.2 Å². The molecular weight excluding hydrogens is 275 g/mol. The lowest BCUT2D eigenvalue weighted by Crippen LogP contribution is -2.10. The first-order chi connectivity index (χ1) is 9.98. The zero-order valence-electron chi connectivity index (χ0n) is 13.3. The molecule has 0 atom stereocenters. The molecule has 0 fully saturated rings. The molecule has 0 aromatic heterocycles. The van der Waals surface area contributed by atoms with Crippen LogP contribution in [0.5, 0.6) is 0 Å². The van der Waals surface area contributed by atoms with Crippen LogP contribution >= 0.6 is 0 Å². The van der Waals surface area contributed by atoms with Crippen molar-refractivity contribution in [2.75, 3.05) is 6.54 Å². The van der Waals surface area contributed by atoms with E-state index in [0.717, 1.165) is 32.2 Å². The van der Waals surface area contributed by atoms with Gasteiger partial charge in [-0.3, -0.25) is 0 Å². The molecular formula is C17H32F3N. The fourth-order valence-corrected chi connectivity index (χ4v) is 2.39. The number of hydrogen-bond acceptors (Lipinski definition) is 1. The number of alkyl halides is 3. The molecule has 0 aromatic rings. The van der Waals surface area contributed by atoms with Gasteiger partial charge in [0.05, 0.1) is 0 Å². The first-order valence-corrected chi connectivity index (χ1v) is 8.43. The predicted octanol–water partition coefficient (Wildman–Crippen LogP) is 6.13. The Morgan fingerprint density at radius 3 is 1.33 bits per heavy atom. The van der Waals surface area contributed by atoms with Crippen LogP contribution in [0.15, 0.2) is 12.2 Å². The summed E-state index contributed by atoms with van der Waals surface area (Å²) in [5.41, 5.74) is 4.85. The lowest BCUT2D eigenvalue weighted by molar-refractivity contribution is -0.0937. The molecule has 0 saturated heterocycles. The normalized spacial score (nSPS) is 11.8. The molecule has 0 spiro atoms. The maximum atomic E-state index is 12.2. The largest absolute Gasteiger partial charge is 0.412 e. The van der Waals surface area contributed by atoms with Crippen molar-refractivity contribution in [3.8, 4) is 0 Å². The van der Waals surface area contributed by atoms with E-state index in [0.29, 0.717) is 6.42 Å². The molecule has 0 bridgehead atoms. The van der Waals surface area contributed by atoms with Gasteiger partial charge in [0.25, 0.3) is 0 Å². The van der Waals surface area contributed by atoms with E-state index in [4.69, 9.17) is 5.73 Å². The maximum absolute atomic E-state index is 12.2. The van der Waals surface area contributed by atoms with E-state index >= 15 is 0 Å². The van der Waals surface area contributed by atoms with Gasteiger partial charge in [-0.1, -0.05) is 70.8 Å². The molecule has 0 aliphatic heterocycles. The highest BCUT2D eigenvalue weighted by atomic mass is 19.4. The fraction of sp³-hybridized carbons (Fsp3) is 0.882. The number of allylic oxidation sites excluding steroid dienone is 1. The Morgan fingerprint density at radius 1 is 0.667 bits per heavy atom. The summed E-state index contributed by atoms with van der Waals surface area (Å²) < 4.78 is 36.6. The summed E-state index contributed by atoms with van der Waals surface area (Å²) in [6.45, 7) is 3.89. The third-order valence-corrected chi connectivity index (χ3v) is 3.83. The number of rotatable bonds is 14. The first-order valence-electron chi connectivity index (χ1n) is 8.43. The van der Waals surface area contributed by atoms with E-state index in [2.05, 4.69) is 6.58 Å². The SMILES string of the molecule is C=C(CCCCCCCCCCCCCCN)C(F)(F)F. The van der Waals surface area contributed by atoms with E-state index in [9.17, 15) is 13.2 Å². The van der Waals surface area contributed by atoms with Crippen molar-refractivity contribution in [2.45, 2.75) is 89.6 Å². The molecule has 0 aromatic carbocycles. The highest BCUT2D eigenvalue weighted by Gasteiger charge is 2.30. The molecule has 1 nitrogen and oxygen atoms in total. The lowest BCUT2D eigenvalue weighted by Gasteiger charge is -2.09. The van der Waals surface area contributed by atoms with Gasteiger partial charge in [0.2, 0.25) is 0 Å². The van der Waals surface area contributed by atoms with Gasteiger partial charge >= 0.3 is 6.18 Å². The number of unbranched alkanes of at least 4 members (excludes halogenated alkanes) is 11. The average molecular weight is 307 g/mol. The molecule has 0 heterocycles. The summed E-state index contributed by atoms with van der Waals surface area (Å²) >= 11 is 0. The van der Waals surface area contributed by atoms with Gasteiger partial charge in [0.15, 0.2) is 0 Å². The van der Waals surface area contributed by atoms with Crippen LogP contribution in [0.3, 0.4) is 0 Å². The number of hydrogen-bond donors (Lipinski definition) is 1. The Bertz CT molecular complexity index is 249. The van der Waals surface area contributed by atoms with Crippen molar-refractivity contribution in [3.05, 3.63) is 12.2 Å². The summed E-state index contributed by atoms with van der Waals surface area (Å²) in [6.07, 6.45) is 9.61. The Morgan fingerprint density at radius 2 is 1.00 bits per heavy atom. The molecule has 0 rings (SSSR count). The summed E-state index contributed by atoms with van der Waals surface area (Å²) in [5, 5.41) is 0. The van der Waals surface area contributed by atoms with Gasteiger partial charge in [0.1, 0.15) is 0 Å². The maximum Gasteiger partial charge on any atom is 0.412 e. The molecule has 0 unspecified atom stereocenters. The monoisotopic (exact) mass is 307 g/mol. The van der Waals surface area contributed by atoms with Crippen molar-refractivity contribution < 1.29 is 13.2 Å². The minimum atomic E-state index is -4.20. The van der Waals surface area contributed by atoms with E-state index in [1.165, 1.54) is 44.9 Å². The van der Waals surface area contributed by atoms with Crippen LogP contribution in [-0.4, -0.2) is 12.7 Å². The van der Waals surface area contributed by atoms with Gasteiger partial charge in [-0.05, 0) is 25.8 Å². The topological polar surface area (TPSA) is 26.0 Å². The van der Waals surface area contributed by atoms with Crippen LogP contribution in [0.25, 0.3) is 0 Å². The van der Waals surface area contributed by atoms with Gasteiger partial charge in [-0.15, -0.1) is 0 Å². The molecule has 0 saturated carbocycles. The Kier molecular flexibility index (Phi) is 12.9. The van der Waals surface area contributed by atoms with Crippen molar-refractivity contribution in [1.29, 1.82) is 0 Å². The van der Waals surface area contributed by atoms with Crippen LogP contribution < -0.4 is 5.73 Å². The highest BCUT2D eigenvalue weighted by molar-refractivity contribution is 5.01. The third-order valence-electron chi connectivity index (χ3n) is 3.83. The molecule has 21 heavy (non-hydrogen) atoms. The number of halogens is 3. The van der Waals surface area contributed by atoms with Gasteiger partial charge in [-0.25, -0.2) is 0 Å². The zero-order chi connectivity index (χ0) is 16.0. The Labute approximate surface area is 128 Å². The van der Waals surface area contributed by atoms with E-state index in [1.54, 1.807) is 0 Å². The second-order valence-corrected chi connectivity index (χ2v) is 5.88. The Hall–Kier alpha value is -0.510. The molecule has 0 radical (unpaired) electrons. The van der Waals surface area contributed by atoms with Crippen molar-refractivity contribution in [1.82, 2.24) is 0 Å². The average Bonchev–Trinajstić information content (AvgIpc) is 2.42. The summed E-state index contributed by atoms with van der Waals surface area (Å²) in [5.74, 6) is 0.